The van der Waals surface area contributed by atoms with Crippen LogP contribution in [-0.4, -0.2) is 33.5 Å². The van der Waals surface area contributed by atoms with Crippen LogP contribution in [0, 0.1) is 0 Å². The largest absolute Gasteiger partial charge is 0.385 e. The Labute approximate surface area is 44.6 Å². The van der Waals surface area contributed by atoms with Crippen LogP contribution in [0.25, 0.3) is 0 Å². The molecular weight excluding hydrogens is 88.9 g/mol. The van der Waals surface area contributed by atoms with E-state index in [1.807, 2.05) is 0 Å². The van der Waals surface area contributed by atoms with Gasteiger partial charge in [0, 0.05) is 19.1 Å². The topological polar surface area (TPSA) is 21.3 Å². The predicted molar refractivity (Wildman–Crippen MR) is 31.2 cm³/mol. The Kier molecular flexibility index (Phi) is 1.71. The fourth-order valence-corrected chi connectivity index (χ4v) is 0.697. The number of ether oxygens (including phenoxy) is 1. The molecule has 1 heterocycles. The molecule has 1 N–H and O–H groups in total. The van der Waals surface area contributed by atoms with Gasteiger partial charge >= 0.3 is 0 Å². The second-order valence-corrected chi connectivity index (χ2v) is 1.89. The third kappa shape index (κ3) is 1.49. The van der Waals surface area contributed by atoms with Crippen LogP contribution in [0.2, 0.25) is 0 Å². The highest BCUT2D eigenvalue weighted by atomic mass is 16.5. The lowest BCUT2D eigenvalue weighted by molar-refractivity contribution is 0.0800. The summed E-state index contributed by atoms with van der Waals surface area (Å²) < 4.78 is 5.22. The second kappa shape index (κ2) is 2.33. The van der Waals surface area contributed by atoms with E-state index in [0.717, 1.165) is 19.7 Å². The molecule has 0 saturated carbocycles. The van der Waals surface area contributed by atoms with Gasteiger partial charge in [0.15, 0.2) is 0 Å². The van der Waals surface area contributed by atoms with Gasteiger partial charge in [-0.3, -0.25) is 0 Å². The third-order valence-corrected chi connectivity index (χ3v) is 1.11. The molecule has 1 atom stereocenters. The van der Waals surface area contributed by atoms with Crippen molar-refractivity contribution in [3.63, 3.8) is 0 Å². The van der Waals surface area contributed by atoms with Gasteiger partial charge in [-0.1, -0.05) is 0 Å². The molecule has 0 amide bonds. The first-order chi connectivity index (χ1) is 3.39. The summed E-state index contributed by atoms with van der Waals surface area (Å²) >= 11 is 0. The molecule has 0 bridgehead atoms. The molecule has 2 nitrogen and oxygen atoms in total. The van der Waals surface area contributed by atoms with Crippen molar-refractivity contribution in [1.29, 1.82) is 0 Å². The van der Waals surface area contributed by atoms with Gasteiger partial charge in [-0.25, -0.2) is 0 Å². The van der Waals surface area contributed by atoms with Gasteiger partial charge in [-0.15, -0.1) is 0 Å². The second-order valence-electron chi connectivity index (χ2n) is 1.89. The zero-order valence-electron chi connectivity index (χ0n) is 4.61. The van der Waals surface area contributed by atoms with Crippen molar-refractivity contribution in [3.05, 3.63) is 0 Å². The van der Waals surface area contributed by atoms with E-state index in [2.05, 4.69) is 13.2 Å². The molecule has 0 aliphatic carbocycles. The number of hydrogen-bond acceptors (Lipinski definition) is 2. The van der Waals surface area contributed by atoms with Crippen LogP contribution in [0.5, 0.6) is 0 Å². The van der Waals surface area contributed by atoms with Crippen molar-refractivity contribution in [2.45, 2.75) is 6.00 Å². The van der Waals surface area contributed by atoms with Crippen molar-refractivity contribution in [1.82, 2.24) is 5.32 Å². The molecule has 1 aliphatic rings. The number of hydrogen-bond donors (Lipinski definition) is 1. The smallest absolute Gasteiger partial charge is 0.140 e. The molecule has 1 saturated heterocycles. The standard InChI is InChI=1S/C4H10BNO/c5-4-3-6-1-2-7-4/h4,6H,1-3,5H2. The molecule has 0 aromatic heterocycles. The van der Waals surface area contributed by atoms with Crippen LogP contribution in [0.15, 0.2) is 0 Å². The van der Waals surface area contributed by atoms with E-state index in [-0.39, 0.29) is 0 Å². The minimum absolute atomic E-state index is 0.425. The molecule has 7 heavy (non-hydrogen) atoms. The highest BCUT2D eigenvalue weighted by Gasteiger charge is 2.04. The van der Waals surface area contributed by atoms with Crippen molar-refractivity contribution in [2.75, 3.05) is 19.7 Å². The molecule has 1 fully saturated rings. The summed E-state index contributed by atoms with van der Waals surface area (Å²) in [4.78, 5) is 0. The SMILES string of the molecule is BC1CNCCO1. The maximum absolute atomic E-state index is 5.22. The Morgan fingerprint density at radius 2 is 2.57 bits per heavy atom. The average Bonchev–Trinajstić information content (AvgIpc) is 1.69. The number of nitrogens with one attached hydrogen (secondary N) is 1. The van der Waals surface area contributed by atoms with Crippen molar-refractivity contribution in [3.8, 4) is 0 Å². The van der Waals surface area contributed by atoms with Crippen molar-refractivity contribution < 1.29 is 4.74 Å². The van der Waals surface area contributed by atoms with Crippen molar-refractivity contribution >= 4 is 7.85 Å². The van der Waals surface area contributed by atoms with E-state index in [0.29, 0.717) is 6.00 Å². The molecule has 1 rings (SSSR count). The van der Waals surface area contributed by atoms with Gasteiger partial charge < -0.3 is 10.1 Å². The summed E-state index contributed by atoms with van der Waals surface area (Å²) in [5.74, 6) is 0. The highest BCUT2D eigenvalue weighted by molar-refractivity contribution is 6.11. The minimum atomic E-state index is 0.425. The molecule has 1 unspecified atom stereocenters. The average molecular weight is 98.9 g/mol. The molecule has 1 aliphatic heterocycles. The fraction of sp³-hybridized carbons (Fsp3) is 1.00. The normalized spacial score (nSPS) is 32.9. The van der Waals surface area contributed by atoms with Gasteiger partial charge in [0.1, 0.15) is 7.85 Å². The Balaban J connectivity index is 2.12. The fourth-order valence-electron chi connectivity index (χ4n) is 0.697. The lowest BCUT2D eigenvalue weighted by Gasteiger charge is -2.19. The van der Waals surface area contributed by atoms with E-state index in [1.54, 1.807) is 0 Å². The lowest BCUT2D eigenvalue weighted by atomic mass is 10.00. The van der Waals surface area contributed by atoms with E-state index in [4.69, 9.17) is 4.74 Å². The van der Waals surface area contributed by atoms with Gasteiger partial charge in [0.05, 0.1) is 6.61 Å². The Bertz CT molecular complexity index is 53.7. The Hall–Kier alpha value is -0.0151. The van der Waals surface area contributed by atoms with Crippen LogP contribution < -0.4 is 5.32 Å². The predicted octanol–water partition coefficient (Wildman–Crippen LogP) is -1.43. The number of morpholine rings is 1. The summed E-state index contributed by atoms with van der Waals surface area (Å²) in [6.07, 6.45) is 0. The summed E-state index contributed by atoms with van der Waals surface area (Å²) in [7, 11) is 2.08. The zero-order chi connectivity index (χ0) is 5.11. The molecular formula is C4H10BNO. The van der Waals surface area contributed by atoms with Gasteiger partial charge in [0.2, 0.25) is 0 Å². The Morgan fingerprint density at radius 1 is 1.71 bits per heavy atom. The highest BCUT2D eigenvalue weighted by Crippen LogP contribution is 1.87. The van der Waals surface area contributed by atoms with Crippen LogP contribution in [0.1, 0.15) is 0 Å². The molecule has 0 aromatic carbocycles. The first-order valence-electron chi connectivity index (χ1n) is 2.72. The first-order valence-corrected chi connectivity index (χ1v) is 2.72. The number of rotatable bonds is 0. The molecule has 0 aromatic rings. The third-order valence-electron chi connectivity index (χ3n) is 1.11. The van der Waals surface area contributed by atoms with Gasteiger partial charge in [0.25, 0.3) is 0 Å². The molecule has 0 spiro atoms. The molecule has 3 heteroatoms. The van der Waals surface area contributed by atoms with Crippen LogP contribution in [-0.2, 0) is 4.74 Å². The van der Waals surface area contributed by atoms with Crippen LogP contribution >= 0.6 is 0 Å². The van der Waals surface area contributed by atoms with E-state index in [9.17, 15) is 0 Å². The summed E-state index contributed by atoms with van der Waals surface area (Å²) in [6, 6.07) is 0.425. The van der Waals surface area contributed by atoms with Gasteiger partial charge in [-0.05, 0) is 0 Å². The minimum Gasteiger partial charge on any atom is -0.385 e. The van der Waals surface area contributed by atoms with E-state index < -0.39 is 0 Å². The Morgan fingerprint density at radius 3 is 2.86 bits per heavy atom. The molecule has 0 radical (unpaired) electrons. The van der Waals surface area contributed by atoms with Gasteiger partial charge in [-0.2, -0.15) is 0 Å². The summed E-state index contributed by atoms with van der Waals surface area (Å²) in [5.41, 5.74) is 0. The van der Waals surface area contributed by atoms with Crippen LogP contribution in [0.4, 0.5) is 0 Å². The van der Waals surface area contributed by atoms with Crippen LogP contribution in [0.3, 0.4) is 0 Å². The summed E-state index contributed by atoms with van der Waals surface area (Å²) in [5, 5.41) is 3.21. The maximum Gasteiger partial charge on any atom is 0.140 e. The lowest BCUT2D eigenvalue weighted by Crippen LogP contribution is -2.38. The summed E-state index contributed by atoms with van der Waals surface area (Å²) in [6.45, 7) is 2.91. The molecule has 40 valence electrons. The van der Waals surface area contributed by atoms with E-state index >= 15 is 0 Å². The monoisotopic (exact) mass is 99.1 g/mol. The quantitative estimate of drug-likeness (QED) is 0.376. The first kappa shape index (κ1) is 5.13. The van der Waals surface area contributed by atoms with Crippen molar-refractivity contribution in [2.24, 2.45) is 0 Å². The van der Waals surface area contributed by atoms with E-state index in [1.165, 1.54) is 0 Å². The zero-order valence-corrected chi connectivity index (χ0v) is 4.61. The maximum atomic E-state index is 5.22.